The lowest BCUT2D eigenvalue weighted by Crippen LogP contribution is -2.32. The molecule has 4 rings (SSSR count). The molecule has 0 spiro atoms. The Bertz CT molecular complexity index is 1250. The third-order valence-corrected chi connectivity index (χ3v) is 5.88. The predicted octanol–water partition coefficient (Wildman–Crippen LogP) is 4.51. The van der Waals surface area contributed by atoms with E-state index in [9.17, 15) is 19.1 Å². The number of ketones is 1. The molecule has 1 amide bonds. The van der Waals surface area contributed by atoms with Gasteiger partial charge < -0.3 is 19.5 Å². The van der Waals surface area contributed by atoms with Gasteiger partial charge >= 0.3 is 0 Å². The monoisotopic (exact) mass is 461 g/mol. The zero-order valence-electron chi connectivity index (χ0n) is 18.8. The average Bonchev–Trinajstić information content (AvgIpc) is 3.12. The number of ether oxygens (including phenoxy) is 2. The number of aliphatic hydroxyl groups excluding tert-OH is 1. The number of rotatable bonds is 7. The summed E-state index contributed by atoms with van der Waals surface area (Å²) in [7, 11) is 3.07. The zero-order chi connectivity index (χ0) is 24.2. The molecule has 0 bridgehead atoms. The summed E-state index contributed by atoms with van der Waals surface area (Å²) in [6, 6.07) is 18.7. The van der Waals surface area contributed by atoms with E-state index in [2.05, 4.69) is 0 Å². The van der Waals surface area contributed by atoms with Gasteiger partial charge in [0.05, 0.1) is 25.8 Å². The van der Waals surface area contributed by atoms with Gasteiger partial charge in [-0.2, -0.15) is 0 Å². The average molecular weight is 461 g/mol. The van der Waals surface area contributed by atoms with Crippen LogP contribution in [0, 0.1) is 5.82 Å². The van der Waals surface area contributed by atoms with Crippen molar-refractivity contribution in [3.63, 3.8) is 0 Å². The predicted molar refractivity (Wildman–Crippen MR) is 125 cm³/mol. The number of hydrogen-bond acceptors (Lipinski definition) is 5. The first-order chi connectivity index (χ1) is 16.5. The number of Topliss-reactive ketones (excluding diaryl/α,β-unsaturated/α-hetero) is 1. The van der Waals surface area contributed by atoms with Crippen LogP contribution in [0.1, 0.15) is 22.7 Å². The normalized spacial score (nSPS) is 17.1. The lowest BCUT2D eigenvalue weighted by Gasteiger charge is -2.25. The van der Waals surface area contributed by atoms with Crippen LogP contribution in [0.2, 0.25) is 0 Å². The molecule has 0 saturated carbocycles. The van der Waals surface area contributed by atoms with Gasteiger partial charge in [-0.1, -0.05) is 54.6 Å². The van der Waals surface area contributed by atoms with Crippen molar-refractivity contribution >= 4 is 17.4 Å². The molecule has 0 radical (unpaired) electrons. The Morgan fingerprint density at radius 1 is 0.941 bits per heavy atom. The van der Waals surface area contributed by atoms with Crippen LogP contribution >= 0.6 is 0 Å². The summed E-state index contributed by atoms with van der Waals surface area (Å²) >= 11 is 0. The van der Waals surface area contributed by atoms with E-state index in [-0.39, 0.29) is 23.4 Å². The van der Waals surface area contributed by atoms with E-state index in [1.165, 1.54) is 37.3 Å². The molecule has 0 aromatic heterocycles. The van der Waals surface area contributed by atoms with Crippen molar-refractivity contribution in [3.8, 4) is 11.5 Å². The number of methoxy groups -OCH3 is 2. The first-order valence-electron chi connectivity index (χ1n) is 10.8. The minimum Gasteiger partial charge on any atom is -0.507 e. The van der Waals surface area contributed by atoms with Crippen molar-refractivity contribution in [1.29, 1.82) is 0 Å². The van der Waals surface area contributed by atoms with Crippen molar-refractivity contribution in [2.24, 2.45) is 0 Å². The van der Waals surface area contributed by atoms with Crippen LogP contribution in [-0.2, 0) is 16.0 Å². The van der Waals surface area contributed by atoms with Crippen LogP contribution in [0.4, 0.5) is 4.39 Å². The van der Waals surface area contributed by atoms with E-state index in [1.54, 1.807) is 48.5 Å². The molecule has 1 saturated heterocycles. The number of carbonyl (C=O) groups is 2. The minimum atomic E-state index is -1.05. The van der Waals surface area contributed by atoms with Gasteiger partial charge in [-0.3, -0.25) is 9.59 Å². The maximum Gasteiger partial charge on any atom is 0.295 e. The smallest absolute Gasteiger partial charge is 0.295 e. The number of halogens is 1. The van der Waals surface area contributed by atoms with Crippen molar-refractivity contribution in [2.45, 2.75) is 12.5 Å². The summed E-state index contributed by atoms with van der Waals surface area (Å²) in [4.78, 5) is 27.4. The van der Waals surface area contributed by atoms with Crippen LogP contribution in [0.5, 0.6) is 11.5 Å². The fraction of sp³-hybridized carbons (Fsp3) is 0.185. The second kappa shape index (κ2) is 9.79. The van der Waals surface area contributed by atoms with Crippen molar-refractivity contribution in [2.75, 3.05) is 20.8 Å². The standard InChI is InChI=1S/C27H24FNO5/c1-33-21-13-12-17(16-22(21)34-2)14-15-29-24(19-10-6-7-11-20(19)28)23(26(31)27(29)32)25(30)18-8-4-3-5-9-18/h3-13,16,24,30H,14-15H2,1-2H3/t24-/m1/s1. The van der Waals surface area contributed by atoms with Crippen LogP contribution in [-0.4, -0.2) is 42.5 Å². The molecule has 1 N–H and O–H groups in total. The largest absolute Gasteiger partial charge is 0.507 e. The van der Waals surface area contributed by atoms with Crippen molar-refractivity contribution < 1.29 is 28.6 Å². The number of carbonyl (C=O) groups excluding carboxylic acids is 2. The summed E-state index contributed by atoms with van der Waals surface area (Å²) in [5, 5.41) is 11.0. The highest BCUT2D eigenvalue weighted by atomic mass is 19.1. The van der Waals surface area contributed by atoms with Gasteiger partial charge in [0.2, 0.25) is 0 Å². The summed E-state index contributed by atoms with van der Waals surface area (Å²) in [6.45, 7) is 0.130. The molecular weight excluding hydrogens is 437 g/mol. The summed E-state index contributed by atoms with van der Waals surface area (Å²) in [5.74, 6) is -1.42. The molecule has 1 fully saturated rings. The topological polar surface area (TPSA) is 76.1 Å². The van der Waals surface area contributed by atoms with E-state index in [0.29, 0.717) is 23.5 Å². The Morgan fingerprint density at radius 3 is 2.29 bits per heavy atom. The van der Waals surface area contributed by atoms with Crippen molar-refractivity contribution in [3.05, 3.63) is 101 Å². The molecule has 1 aliphatic rings. The van der Waals surface area contributed by atoms with Gasteiger partial charge in [-0.15, -0.1) is 0 Å². The van der Waals surface area contributed by atoms with E-state index in [1.807, 2.05) is 6.07 Å². The molecule has 174 valence electrons. The molecular formula is C27H24FNO5. The second-order valence-electron chi connectivity index (χ2n) is 7.82. The maximum atomic E-state index is 14.9. The highest BCUT2D eigenvalue weighted by Gasteiger charge is 2.46. The van der Waals surface area contributed by atoms with Gasteiger partial charge in [0.1, 0.15) is 11.6 Å². The van der Waals surface area contributed by atoms with E-state index < -0.39 is 23.5 Å². The van der Waals surface area contributed by atoms with Crippen LogP contribution in [0.25, 0.3) is 5.76 Å². The zero-order valence-corrected chi connectivity index (χ0v) is 18.8. The fourth-order valence-corrected chi connectivity index (χ4v) is 4.17. The third kappa shape index (κ3) is 4.24. The minimum absolute atomic E-state index is 0.130. The molecule has 7 heteroatoms. The number of amides is 1. The van der Waals surface area contributed by atoms with E-state index >= 15 is 0 Å². The first kappa shape index (κ1) is 23.0. The number of nitrogens with zero attached hydrogens (tertiary/aromatic N) is 1. The molecule has 0 aliphatic carbocycles. The molecule has 1 heterocycles. The van der Waals surface area contributed by atoms with Crippen LogP contribution in [0.15, 0.2) is 78.4 Å². The number of likely N-dealkylation sites (tertiary alicyclic amines) is 1. The molecule has 34 heavy (non-hydrogen) atoms. The van der Waals surface area contributed by atoms with Crippen LogP contribution in [0.3, 0.4) is 0 Å². The molecule has 1 aliphatic heterocycles. The molecule has 6 nitrogen and oxygen atoms in total. The van der Waals surface area contributed by atoms with Gasteiger partial charge in [0.25, 0.3) is 11.7 Å². The first-order valence-corrected chi connectivity index (χ1v) is 10.8. The lowest BCUT2D eigenvalue weighted by molar-refractivity contribution is -0.139. The molecule has 3 aromatic rings. The lowest BCUT2D eigenvalue weighted by atomic mass is 9.95. The van der Waals surface area contributed by atoms with Gasteiger partial charge in [-0.25, -0.2) is 4.39 Å². The summed E-state index contributed by atoms with van der Waals surface area (Å²) in [5.41, 5.74) is 1.23. The Balaban J connectivity index is 1.75. The SMILES string of the molecule is COc1ccc(CCN2C(=O)C(=O)C(=C(O)c3ccccc3)[C@H]2c2ccccc2F)cc1OC. The van der Waals surface area contributed by atoms with Gasteiger partial charge in [-0.05, 0) is 30.2 Å². The van der Waals surface area contributed by atoms with Crippen molar-refractivity contribution in [1.82, 2.24) is 4.90 Å². The van der Waals surface area contributed by atoms with E-state index in [0.717, 1.165) is 5.56 Å². The Kier molecular flexibility index (Phi) is 6.63. The number of aliphatic hydroxyl groups is 1. The fourth-order valence-electron chi connectivity index (χ4n) is 4.17. The highest BCUT2D eigenvalue weighted by molar-refractivity contribution is 6.46. The third-order valence-electron chi connectivity index (χ3n) is 5.88. The van der Waals surface area contributed by atoms with Gasteiger partial charge in [0, 0.05) is 17.7 Å². The summed E-state index contributed by atoms with van der Waals surface area (Å²) < 4.78 is 25.5. The second-order valence-corrected chi connectivity index (χ2v) is 7.82. The van der Waals surface area contributed by atoms with Crippen LogP contribution < -0.4 is 9.47 Å². The Morgan fingerprint density at radius 2 is 1.62 bits per heavy atom. The Labute approximate surface area is 196 Å². The Hall–Kier alpha value is -4.13. The molecule has 1 atom stereocenters. The maximum absolute atomic E-state index is 14.9. The molecule has 3 aromatic carbocycles. The molecule has 0 unspecified atom stereocenters. The quantitative estimate of drug-likeness (QED) is 0.318. The highest BCUT2D eigenvalue weighted by Crippen LogP contribution is 2.40. The number of benzene rings is 3. The van der Waals surface area contributed by atoms with E-state index in [4.69, 9.17) is 9.47 Å². The van der Waals surface area contributed by atoms with Gasteiger partial charge in [0.15, 0.2) is 11.5 Å². The summed E-state index contributed by atoms with van der Waals surface area (Å²) in [6.07, 6.45) is 0.379. The number of hydrogen-bond donors (Lipinski definition) is 1.